The van der Waals surface area contributed by atoms with Crippen LogP contribution in [0.5, 0.6) is 0 Å². The zero-order chi connectivity index (χ0) is 23.7. The molecule has 176 valence electrons. The summed E-state index contributed by atoms with van der Waals surface area (Å²) in [6, 6.07) is 4.44. The van der Waals surface area contributed by atoms with Gasteiger partial charge in [-0.3, -0.25) is 4.79 Å². The lowest BCUT2D eigenvalue weighted by Crippen LogP contribution is -2.40. The van der Waals surface area contributed by atoms with Crippen molar-refractivity contribution in [2.75, 3.05) is 36.5 Å². The molecule has 1 unspecified atom stereocenters. The molecule has 1 aliphatic carbocycles. The molecule has 0 radical (unpaired) electrons. The molecular formula is C24H38N6O2. The van der Waals surface area contributed by atoms with Crippen LogP contribution in [0, 0.1) is 11.8 Å². The molecule has 1 aromatic rings. The fourth-order valence-corrected chi connectivity index (χ4v) is 3.53. The number of nitrogens with zero attached hydrogens (tertiary/aromatic N) is 3. The third-order valence-corrected chi connectivity index (χ3v) is 5.79. The highest BCUT2D eigenvalue weighted by Gasteiger charge is 2.35. The predicted molar refractivity (Wildman–Crippen MR) is 130 cm³/mol. The Balaban J connectivity index is 0.000000257. The van der Waals surface area contributed by atoms with Crippen molar-refractivity contribution in [2.45, 2.75) is 46.1 Å². The fourth-order valence-electron chi connectivity index (χ4n) is 3.53. The number of nitrogens with one attached hydrogen (secondary N) is 1. The molecule has 0 aromatic carbocycles. The molecule has 0 spiro atoms. The number of pyridine rings is 1. The summed E-state index contributed by atoms with van der Waals surface area (Å²) in [5.41, 5.74) is 13.2. The van der Waals surface area contributed by atoms with Crippen molar-refractivity contribution < 1.29 is 9.59 Å². The van der Waals surface area contributed by atoms with E-state index in [2.05, 4.69) is 27.1 Å². The van der Waals surface area contributed by atoms with Crippen LogP contribution in [0.3, 0.4) is 0 Å². The summed E-state index contributed by atoms with van der Waals surface area (Å²) in [7, 11) is 2.09. The number of fused-ring (bicyclic) bond motifs is 4. The molecule has 1 amide bonds. The first-order chi connectivity index (χ1) is 15.3. The van der Waals surface area contributed by atoms with E-state index in [9.17, 15) is 4.79 Å². The van der Waals surface area contributed by atoms with E-state index in [1.807, 2.05) is 32.1 Å². The average Bonchev–Trinajstić information content (AvgIpc) is 3.51. The van der Waals surface area contributed by atoms with Crippen LogP contribution in [0.25, 0.3) is 0 Å². The lowest BCUT2D eigenvalue weighted by Gasteiger charge is -2.34. The van der Waals surface area contributed by atoms with Crippen molar-refractivity contribution in [3.8, 4) is 0 Å². The van der Waals surface area contributed by atoms with Gasteiger partial charge in [0.15, 0.2) is 5.82 Å². The smallest absolute Gasteiger partial charge is 0.269 e. The summed E-state index contributed by atoms with van der Waals surface area (Å²) in [6.07, 6.45) is 9.43. The maximum atomic E-state index is 12.1. The Kier molecular flexibility index (Phi) is 9.56. The van der Waals surface area contributed by atoms with Gasteiger partial charge >= 0.3 is 0 Å². The monoisotopic (exact) mass is 442 g/mol. The summed E-state index contributed by atoms with van der Waals surface area (Å²) < 4.78 is 0. The summed E-state index contributed by atoms with van der Waals surface area (Å²) in [4.78, 5) is 30.2. The van der Waals surface area contributed by atoms with E-state index >= 15 is 0 Å². The standard InChI is InChI=1S/C15H20N4O.C7H14N2.C2H4O/c1-18-11-6-7-19(9-11)13-5-4-12(17-14(13)18)15(20)16-8-10-2-3-10;1-6(2)7(9)4-3-5-8;1-2-3/h4-5,10-11H,2-3,6-9H2,1H3,(H,16,20);3-6H,8-9H2,1-2H3;2H,1H3/b;5-3-,7-4-;. The molecule has 1 aromatic heterocycles. The lowest BCUT2D eigenvalue weighted by molar-refractivity contribution is -0.106. The number of carbonyl (C=O) groups excluding carboxylic acids is 2. The van der Waals surface area contributed by atoms with Crippen molar-refractivity contribution in [3.63, 3.8) is 0 Å². The van der Waals surface area contributed by atoms with Gasteiger partial charge in [0.25, 0.3) is 5.91 Å². The molecule has 2 aliphatic heterocycles. The summed E-state index contributed by atoms with van der Waals surface area (Å²) in [5.74, 6) is 2.02. The number of nitrogens with two attached hydrogens (primary N) is 2. The molecule has 2 bridgehead atoms. The number of carbonyl (C=O) groups is 2. The Morgan fingerprint density at radius 3 is 2.59 bits per heavy atom. The molecule has 32 heavy (non-hydrogen) atoms. The van der Waals surface area contributed by atoms with Gasteiger partial charge in [-0.05, 0) is 68.5 Å². The predicted octanol–water partition coefficient (Wildman–Crippen LogP) is 2.41. The van der Waals surface area contributed by atoms with E-state index in [-0.39, 0.29) is 5.91 Å². The van der Waals surface area contributed by atoms with E-state index < -0.39 is 0 Å². The van der Waals surface area contributed by atoms with Gasteiger partial charge in [0, 0.05) is 38.4 Å². The van der Waals surface area contributed by atoms with Gasteiger partial charge in [-0.15, -0.1) is 0 Å². The number of likely N-dealkylation sites (N-methyl/N-ethyl adjacent to an activating group) is 1. The SMILES string of the molecule is CC(C)/C(N)=C/C=C\N.CC=O.CN1c2nc(C(=O)NCC3CC3)ccc2N2CCC1C2. The number of allylic oxidation sites excluding steroid dienone is 3. The molecule has 8 nitrogen and oxygen atoms in total. The van der Waals surface area contributed by atoms with E-state index in [0.717, 1.165) is 37.4 Å². The number of aromatic nitrogens is 1. The highest BCUT2D eigenvalue weighted by atomic mass is 16.1. The minimum atomic E-state index is -0.0407. The Morgan fingerprint density at radius 1 is 1.31 bits per heavy atom. The van der Waals surface area contributed by atoms with E-state index in [0.29, 0.717) is 23.6 Å². The van der Waals surface area contributed by atoms with Crippen LogP contribution in [0.1, 0.15) is 50.5 Å². The van der Waals surface area contributed by atoms with E-state index in [1.54, 1.807) is 6.08 Å². The Bertz CT molecular complexity index is 832. The largest absolute Gasteiger partial charge is 0.405 e. The Labute approximate surface area is 191 Å². The van der Waals surface area contributed by atoms with Crippen molar-refractivity contribution in [2.24, 2.45) is 23.3 Å². The van der Waals surface area contributed by atoms with Gasteiger partial charge in [0.1, 0.15) is 12.0 Å². The van der Waals surface area contributed by atoms with Gasteiger partial charge in [0.2, 0.25) is 0 Å². The molecule has 1 atom stereocenters. The molecule has 5 N–H and O–H groups in total. The van der Waals surface area contributed by atoms with Gasteiger partial charge in [0.05, 0.1) is 5.69 Å². The molecule has 4 rings (SSSR count). The first-order valence-corrected chi connectivity index (χ1v) is 11.3. The first-order valence-electron chi connectivity index (χ1n) is 11.3. The quantitative estimate of drug-likeness (QED) is 0.473. The number of hydrogen-bond acceptors (Lipinski definition) is 7. The molecule has 3 aliphatic rings. The maximum absolute atomic E-state index is 12.1. The topological polar surface area (TPSA) is 118 Å². The second kappa shape index (κ2) is 12.1. The van der Waals surface area contributed by atoms with Crippen LogP contribution in [0.15, 0.2) is 36.2 Å². The number of anilines is 2. The highest BCUT2D eigenvalue weighted by Crippen LogP contribution is 2.37. The number of aldehydes is 1. The highest BCUT2D eigenvalue weighted by molar-refractivity contribution is 5.93. The molecular weight excluding hydrogens is 404 g/mol. The zero-order valence-electron chi connectivity index (χ0n) is 19.8. The van der Waals surface area contributed by atoms with Crippen LogP contribution in [0.4, 0.5) is 11.5 Å². The average molecular weight is 443 g/mol. The van der Waals surface area contributed by atoms with Crippen molar-refractivity contribution in [1.82, 2.24) is 10.3 Å². The van der Waals surface area contributed by atoms with Crippen LogP contribution in [0.2, 0.25) is 0 Å². The number of amides is 1. The van der Waals surface area contributed by atoms with E-state index in [1.165, 1.54) is 38.1 Å². The zero-order valence-corrected chi connectivity index (χ0v) is 19.8. The third kappa shape index (κ3) is 7.00. The molecule has 1 saturated heterocycles. The van der Waals surface area contributed by atoms with Crippen LogP contribution in [-0.2, 0) is 4.79 Å². The third-order valence-electron chi connectivity index (χ3n) is 5.79. The van der Waals surface area contributed by atoms with Crippen molar-refractivity contribution >= 4 is 23.7 Å². The molecule has 2 fully saturated rings. The second-order valence-electron chi connectivity index (χ2n) is 8.63. The van der Waals surface area contributed by atoms with Gasteiger partial charge < -0.3 is 31.4 Å². The van der Waals surface area contributed by atoms with Crippen molar-refractivity contribution in [3.05, 3.63) is 41.9 Å². The fraction of sp³-hybridized carbons (Fsp3) is 0.542. The minimum absolute atomic E-state index is 0.0407. The normalized spacial score (nSPS) is 19.0. The van der Waals surface area contributed by atoms with Crippen LogP contribution in [-0.4, -0.2) is 49.9 Å². The Hall–Kier alpha value is -3.03. The first kappa shape index (κ1) is 25.2. The van der Waals surface area contributed by atoms with E-state index in [4.69, 9.17) is 16.3 Å². The molecule has 1 saturated carbocycles. The molecule has 8 heteroatoms. The van der Waals surface area contributed by atoms with Gasteiger partial charge in [-0.2, -0.15) is 0 Å². The second-order valence-corrected chi connectivity index (χ2v) is 8.63. The van der Waals surface area contributed by atoms with Crippen LogP contribution >= 0.6 is 0 Å². The summed E-state index contributed by atoms with van der Waals surface area (Å²) in [5, 5.41) is 2.99. The maximum Gasteiger partial charge on any atom is 0.269 e. The van der Waals surface area contributed by atoms with Gasteiger partial charge in [-0.1, -0.05) is 13.8 Å². The van der Waals surface area contributed by atoms with Crippen LogP contribution < -0.4 is 26.6 Å². The van der Waals surface area contributed by atoms with Crippen molar-refractivity contribution in [1.29, 1.82) is 0 Å². The number of rotatable bonds is 5. The Morgan fingerprint density at radius 2 is 2.00 bits per heavy atom. The van der Waals surface area contributed by atoms with Gasteiger partial charge in [-0.25, -0.2) is 4.98 Å². The molecule has 3 heterocycles. The summed E-state index contributed by atoms with van der Waals surface area (Å²) >= 11 is 0. The lowest BCUT2D eigenvalue weighted by atomic mass is 10.1. The number of hydrogen-bond donors (Lipinski definition) is 3. The minimum Gasteiger partial charge on any atom is -0.405 e. The summed E-state index contributed by atoms with van der Waals surface area (Å²) in [6.45, 7) is 8.49.